The van der Waals surface area contributed by atoms with Gasteiger partial charge in [0.2, 0.25) is 0 Å². The van der Waals surface area contributed by atoms with E-state index in [0.717, 1.165) is 0 Å². The van der Waals surface area contributed by atoms with Crippen LogP contribution in [0.2, 0.25) is 0 Å². The smallest absolute Gasteiger partial charge is 0.265 e. The van der Waals surface area contributed by atoms with Gasteiger partial charge in [0.05, 0.1) is 4.47 Å². The summed E-state index contributed by atoms with van der Waals surface area (Å²) in [5, 5.41) is 0. The van der Waals surface area contributed by atoms with Crippen molar-refractivity contribution in [3.63, 3.8) is 0 Å². The first-order valence-corrected chi connectivity index (χ1v) is 4.02. The summed E-state index contributed by atoms with van der Waals surface area (Å²) in [6.07, 6.45) is -2.51. The first-order chi connectivity index (χ1) is 5.52. The third-order valence-electron chi connectivity index (χ3n) is 1.47. The molecule has 0 atom stereocenters. The van der Waals surface area contributed by atoms with Crippen LogP contribution >= 0.6 is 15.9 Å². The molecule has 1 aromatic rings. The summed E-state index contributed by atoms with van der Waals surface area (Å²) in [4.78, 5) is 3.75. The van der Waals surface area contributed by atoms with E-state index in [4.69, 9.17) is 5.73 Å². The molecule has 0 saturated heterocycles. The average Bonchev–Trinajstić information content (AvgIpc) is 1.96. The zero-order chi connectivity index (χ0) is 9.30. The molecule has 0 fully saturated rings. The predicted octanol–water partition coefficient (Wildman–Crippen LogP) is 2.67. The summed E-state index contributed by atoms with van der Waals surface area (Å²) in [6.45, 7) is 1.50. The topological polar surface area (TPSA) is 38.9 Å². The molecule has 12 heavy (non-hydrogen) atoms. The van der Waals surface area contributed by atoms with Gasteiger partial charge >= 0.3 is 0 Å². The van der Waals surface area contributed by atoms with Crippen molar-refractivity contribution in [3.8, 4) is 0 Å². The molecule has 5 heteroatoms. The number of nitrogens with two attached hydrogens (primary N) is 1. The lowest BCUT2D eigenvalue weighted by Crippen LogP contribution is -1.99. The summed E-state index contributed by atoms with van der Waals surface area (Å²) in [5.41, 5.74) is 5.57. The van der Waals surface area contributed by atoms with E-state index in [1.807, 2.05) is 0 Å². The minimum absolute atomic E-state index is 0.0870. The highest BCUT2D eigenvalue weighted by atomic mass is 79.9. The minimum atomic E-state index is -2.51. The van der Waals surface area contributed by atoms with Crippen molar-refractivity contribution >= 4 is 21.7 Å². The third-order valence-corrected chi connectivity index (χ3v) is 2.10. The highest BCUT2D eigenvalue weighted by Crippen LogP contribution is 2.27. The Morgan fingerprint density at radius 3 is 2.67 bits per heavy atom. The Balaban J connectivity index is 3.23. The average molecular weight is 237 g/mol. The summed E-state index contributed by atoms with van der Waals surface area (Å²) in [6, 6.07) is 1.29. The molecule has 1 rings (SSSR count). The highest BCUT2D eigenvalue weighted by Gasteiger charge is 2.13. The van der Waals surface area contributed by atoms with Crippen molar-refractivity contribution in [2.45, 2.75) is 13.3 Å². The van der Waals surface area contributed by atoms with Gasteiger partial charge < -0.3 is 5.73 Å². The first-order valence-electron chi connectivity index (χ1n) is 3.23. The number of aromatic nitrogens is 1. The Kier molecular flexibility index (Phi) is 2.62. The SMILES string of the molecule is Cc1nc(N)c(Br)cc1C(F)F. The standard InChI is InChI=1S/C7H7BrF2N2/c1-3-4(6(9)10)2-5(8)7(11)12-3/h2,6H,1H3,(H2,11,12). The lowest BCUT2D eigenvalue weighted by molar-refractivity contribution is 0.150. The molecule has 1 aromatic heterocycles. The van der Waals surface area contributed by atoms with Crippen molar-refractivity contribution < 1.29 is 8.78 Å². The Morgan fingerprint density at radius 2 is 2.17 bits per heavy atom. The van der Waals surface area contributed by atoms with Crippen LogP contribution in [0.25, 0.3) is 0 Å². The van der Waals surface area contributed by atoms with Crippen LogP contribution in [0.5, 0.6) is 0 Å². The van der Waals surface area contributed by atoms with E-state index in [-0.39, 0.29) is 17.1 Å². The number of nitrogen functional groups attached to an aromatic ring is 1. The van der Waals surface area contributed by atoms with Gasteiger partial charge in [-0.25, -0.2) is 13.8 Å². The lowest BCUT2D eigenvalue weighted by Gasteiger charge is -2.05. The zero-order valence-electron chi connectivity index (χ0n) is 6.31. The molecule has 0 saturated carbocycles. The van der Waals surface area contributed by atoms with Crippen molar-refractivity contribution in [2.24, 2.45) is 0 Å². The number of pyridine rings is 1. The number of alkyl halides is 2. The maximum atomic E-state index is 12.2. The number of anilines is 1. The van der Waals surface area contributed by atoms with Crippen LogP contribution in [0.4, 0.5) is 14.6 Å². The molecule has 2 nitrogen and oxygen atoms in total. The second-order valence-electron chi connectivity index (χ2n) is 2.33. The second-order valence-corrected chi connectivity index (χ2v) is 3.19. The lowest BCUT2D eigenvalue weighted by atomic mass is 10.2. The number of halogens is 3. The van der Waals surface area contributed by atoms with Gasteiger partial charge in [-0.15, -0.1) is 0 Å². The normalized spacial score (nSPS) is 10.8. The molecule has 0 spiro atoms. The molecular weight excluding hydrogens is 230 g/mol. The predicted molar refractivity (Wildman–Crippen MR) is 46.0 cm³/mol. The molecule has 0 bridgehead atoms. The van der Waals surface area contributed by atoms with Gasteiger partial charge in [0.25, 0.3) is 6.43 Å². The van der Waals surface area contributed by atoms with E-state index >= 15 is 0 Å². The van der Waals surface area contributed by atoms with Gasteiger partial charge in [0, 0.05) is 11.3 Å². The van der Waals surface area contributed by atoms with E-state index in [1.54, 1.807) is 0 Å². The van der Waals surface area contributed by atoms with Crippen LogP contribution in [0.3, 0.4) is 0 Å². The number of rotatable bonds is 1. The molecule has 0 aliphatic heterocycles. The van der Waals surface area contributed by atoms with Gasteiger partial charge in [-0.2, -0.15) is 0 Å². The molecule has 0 unspecified atom stereocenters. The van der Waals surface area contributed by atoms with E-state index < -0.39 is 6.43 Å². The summed E-state index contributed by atoms with van der Waals surface area (Å²) in [5.74, 6) is 0.233. The Labute approximate surface area is 76.9 Å². The zero-order valence-corrected chi connectivity index (χ0v) is 7.90. The van der Waals surface area contributed by atoms with Crippen molar-refractivity contribution in [2.75, 3.05) is 5.73 Å². The van der Waals surface area contributed by atoms with Gasteiger partial charge in [0.15, 0.2) is 0 Å². The van der Waals surface area contributed by atoms with Crippen LogP contribution in [0.1, 0.15) is 17.7 Å². The largest absolute Gasteiger partial charge is 0.383 e. The summed E-state index contributed by atoms with van der Waals surface area (Å²) in [7, 11) is 0. The first kappa shape index (κ1) is 9.38. The van der Waals surface area contributed by atoms with Crippen LogP contribution in [-0.4, -0.2) is 4.98 Å². The van der Waals surface area contributed by atoms with E-state index in [9.17, 15) is 8.78 Å². The highest BCUT2D eigenvalue weighted by molar-refractivity contribution is 9.10. The number of aryl methyl sites for hydroxylation is 1. The Morgan fingerprint density at radius 1 is 1.58 bits per heavy atom. The van der Waals surface area contributed by atoms with Gasteiger partial charge in [-0.1, -0.05) is 0 Å². The fraction of sp³-hybridized carbons (Fsp3) is 0.286. The minimum Gasteiger partial charge on any atom is -0.383 e. The van der Waals surface area contributed by atoms with E-state index in [2.05, 4.69) is 20.9 Å². The Hall–Kier alpha value is -0.710. The number of hydrogen-bond donors (Lipinski definition) is 1. The van der Waals surface area contributed by atoms with Crippen molar-refractivity contribution in [3.05, 3.63) is 21.8 Å². The molecule has 0 amide bonds. The van der Waals surface area contributed by atoms with Crippen LogP contribution < -0.4 is 5.73 Å². The molecular formula is C7H7BrF2N2. The molecule has 0 aliphatic rings. The number of hydrogen-bond acceptors (Lipinski definition) is 2. The molecule has 66 valence electrons. The molecule has 0 aromatic carbocycles. The second kappa shape index (κ2) is 3.35. The van der Waals surface area contributed by atoms with Gasteiger partial charge in [-0.05, 0) is 28.9 Å². The molecule has 2 N–H and O–H groups in total. The fourth-order valence-corrected chi connectivity index (χ4v) is 1.17. The van der Waals surface area contributed by atoms with E-state index in [0.29, 0.717) is 4.47 Å². The monoisotopic (exact) mass is 236 g/mol. The van der Waals surface area contributed by atoms with Crippen LogP contribution in [-0.2, 0) is 0 Å². The summed E-state index contributed by atoms with van der Waals surface area (Å²) >= 11 is 3.03. The van der Waals surface area contributed by atoms with Crippen molar-refractivity contribution in [1.82, 2.24) is 4.98 Å². The quantitative estimate of drug-likeness (QED) is 0.815. The third kappa shape index (κ3) is 1.72. The van der Waals surface area contributed by atoms with Gasteiger partial charge in [0.1, 0.15) is 5.82 Å². The van der Waals surface area contributed by atoms with Gasteiger partial charge in [-0.3, -0.25) is 0 Å². The van der Waals surface area contributed by atoms with E-state index in [1.165, 1.54) is 13.0 Å². The Bertz CT molecular complexity index is 302. The maximum absolute atomic E-state index is 12.2. The summed E-state index contributed by atoms with van der Waals surface area (Å²) < 4.78 is 24.9. The molecule has 0 aliphatic carbocycles. The fourth-order valence-electron chi connectivity index (χ4n) is 0.834. The number of nitrogens with zero attached hydrogens (tertiary/aromatic N) is 1. The maximum Gasteiger partial charge on any atom is 0.265 e. The molecule has 0 radical (unpaired) electrons. The van der Waals surface area contributed by atoms with Crippen LogP contribution in [0, 0.1) is 6.92 Å². The molecule has 1 heterocycles. The van der Waals surface area contributed by atoms with Crippen LogP contribution in [0.15, 0.2) is 10.5 Å². The van der Waals surface area contributed by atoms with Crippen molar-refractivity contribution in [1.29, 1.82) is 0 Å².